The van der Waals surface area contributed by atoms with Gasteiger partial charge in [-0.3, -0.25) is 4.72 Å². The van der Waals surface area contributed by atoms with Crippen molar-refractivity contribution in [2.75, 3.05) is 4.72 Å². The summed E-state index contributed by atoms with van der Waals surface area (Å²) in [7, 11) is -3.59. The molecule has 0 aliphatic heterocycles. The Balaban J connectivity index is 1.48. The number of anilines is 1. The molecule has 1 heterocycles. The second-order valence-electron chi connectivity index (χ2n) is 6.39. The SMILES string of the molecule is Cc1ccc(S(=O)(=O)Nc2ccc(C=Cc3nc4ccccc4s3)cc2)cc1. The maximum atomic E-state index is 12.5. The summed E-state index contributed by atoms with van der Waals surface area (Å²) in [4.78, 5) is 4.82. The number of thiazole rings is 1. The highest BCUT2D eigenvalue weighted by molar-refractivity contribution is 7.92. The van der Waals surface area contributed by atoms with Crippen LogP contribution in [0.4, 0.5) is 5.69 Å². The van der Waals surface area contributed by atoms with Crippen LogP contribution in [-0.4, -0.2) is 13.4 Å². The molecule has 1 aromatic heterocycles. The molecule has 1 N–H and O–H groups in total. The van der Waals surface area contributed by atoms with E-state index in [0.717, 1.165) is 26.4 Å². The van der Waals surface area contributed by atoms with Gasteiger partial charge in [-0.25, -0.2) is 13.4 Å². The molecule has 0 aliphatic carbocycles. The van der Waals surface area contributed by atoms with Crippen LogP contribution < -0.4 is 4.72 Å². The number of fused-ring (bicyclic) bond motifs is 1. The summed E-state index contributed by atoms with van der Waals surface area (Å²) >= 11 is 1.64. The van der Waals surface area contributed by atoms with Crippen LogP contribution in [0.3, 0.4) is 0 Å². The van der Waals surface area contributed by atoms with Crippen LogP contribution in [0.1, 0.15) is 16.1 Å². The highest BCUT2D eigenvalue weighted by atomic mass is 32.2. The molecule has 0 amide bonds. The lowest BCUT2D eigenvalue weighted by Crippen LogP contribution is -2.12. The van der Waals surface area contributed by atoms with Gasteiger partial charge in [-0.2, -0.15) is 0 Å². The van der Waals surface area contributed by atoms with Crippen molar-refractivity contribution in [3.63, 3.8) is 0 Å². The molecule has 0 atom stereocenters. The normalized spacial score (nSPS) is 11.9. The average Bonchev–Trinajstić information content (AvgIpc) is 3.10. The summed E-state index contributed by atoms with van der Waals surface area (Å²) in [6.45, 7) is 1.92. The lowest BCUT2D eigenvalue weighted by atomic mass is 10.2. The number of sulfonamides is 1. The zero-order valence-corrected chi connectivity index (χ0v) is 16.8. The predicted molar refractivity (Wildman–Crippen MR) is 117 cm³/mol. The number of hydrogen-bond acceptors (Lipinski definition) is 4. The minimum Gasteiger partial charge on any atom is -0.280 e. The molecule has 0 aliphatic rings. The molecular formula is C22H18N2O2S2. The monoisotopic (exact) mass is 406 g/mol. The zero-order chi connectivity index (χ0) is 19.6. The molecule has 3 aromatic carbocycles. The Morgan fingerprint density at radius 1 is 0.893 bits per heavy atom. The number of benzene rings is 3. The topological polar surface area (TPSA) is 59.1 Å². The van der Waals surface area contributed by atoms with E-state index in [9.17, 15) is 8.42 Å². The first-order chi connectivity index (χ1) is 13.5. The summed E-state index contributed by atoms with van der Waals surface area (Å²) in [5, 5.41) is 0.936. The number of rotatable bonds is 5. The van der Waals surface area contributed by atoms with Crippen LogP contribution in [0.15, 0.2) is 77.7 Å². The molecule has 0 saturated heterocycles. The maximum Gasteiger partial charge on any atom is 0.261 e. The fourth-order valence-corrected chi connectivity index (χ4v) is 4.65. The van der Waals surface area contributed by atoms with Crippen LogP contribution >= 0.6 is 11.3 Å². The smallest absolute Gasteiger partial charge is 0.261 e. The van der Waals surface area contributed by atoms with Gasteiger partial charge in [-0.15, -0.1) is 11.3 Å². The van der Waals surface area contributed by atoms with Crippen LogP contribution in [-0.2, 0) is 10.0 Å². The fourth-order valence-electron chi connectivity index (χ4n) is 2.72. The van der Waals surface area contributed by atoms with E-state index in [0.29, 0.717) is 5.69 Å². The molecule has 4 nitrogen and oxygen atoms in total. The van der Waals surface area contributed by atoms with Crippen molar-refractivity contribution in [2.45, 2.75) is 11.8 Å². The minimum atomic E-state index is -3.59. The summed E-state index contributed by atoms with van der Waals surface area (Å²) in [6.07, 6.45) is 3.94. The van der Waals surface area contributed by atoms with Crippen molar-refractivity contribution < 1.29 is 8.42 Å². The van der Waals surface area contributed by atoms with Gasteiger partial charge in [0.1, 0.15) is 5.01 Å². The lowest BCUT2D eigenvalue weighted by Gasteiger charge is -2.08. The van der Waals surface area contributed by atoms with Gasteiger partial charge in [0.05, 0.1) is 15.1 Å². The molecule has 0 unspecified atom stereocenters. The van der Waals surface area contributed by atoms with E-state index < -0.39 is 10.0 Å². The van der Waals surface area contributed by atoms with Gasteiger partial charge < -0.3 is 0 Å². The van der Waals surface area contributed by atoms with Crippen molar-refractivity contribution in [3.05, 3.63) is 88.9 Å². The first-order valence-electron chi connectivity index (χ1n) is 8.73. The van der Waals surface area contributed by atoms with Crippen LogP contribution in [0.5, 0.6) is 0 Å². The highest BCUT2D eigenvalue weighted by Crippen LogP contribution is 2.23. The van der Waals surface area contributed by atoms with Gasteiger partial charge >= 0.3 is 0 Å². The molecule has 6 heteroatoms. The van der Waals surface area contributed by atoms with Crippen molar-refractivity contribution in [1.29, 1.82) is 0 Å². The molecule has 0 bridgehead atoms. The van der Waals surface area contributed by atoms with E-state index in [1.807, 2.05) is 49.4 Å². The Morgan fingerprint density at radius 3 is 2.32 bits per heavy atom. The Labute approximate surface area is 168 Å². The number of para-hydroxylation sites is 1. The molecule has 4 aromatic rings. The molecule has 0 spiro atoms. The third-order valence-corrected chi connectivity index (χ3v) is 6.62. The summed E-state index contributed by atoms with van der Waals surface area (Å²) in [5.74, 6) is 0. The first-order valence-corrected chi connectivity index (χ1v) is 11.0. The lowest BCUT2D eigenvalue weighted by molar-refractivity contribution is 0.601. The first kappa shape index (κ1) is 18.4. The van der Waals surface area contributed by atoms with Crippen molar-refractivity contribution in [2.24, 2.45) is 0 Å². The third kappa shape index (κ3) is 4.13. The molecule has 140 valence electrons. The molecule has 0 radical (unpaired) electrons. The quantitative estimate of drug-likeness (QED) is 0.471. The van der Waals surface area contributed by atoms with Crippen molar-refractivity contribution in [1.82, 2.24) is 4.98 Å². The zero-order valence-electron chi connectivity index (χ0n) is 15.2. The van der Waals surface area contributed by atoms with Gasteiger partial charge in [-0.05, 0) is 55.0 Å². The van der Waals surface area contributed by atoms with E-state index in [4.69, 9.17) is 0 Å². The number of hydrogen-bond donors (Lipinski definition) is 1. The second-order valence-corrected chi connectivity index (χ2v) is 9.14. The van der Waals surface area contributed by atoms with Crippen LogP contribution in [0.25, 0.3) is 22.4 Å². The Morgan fingerprint density at radius 2 is 1.61 bits per heavy atom. The van der Waals surface area contributed by atoms with Gasteiger partial charge in [0.2, 0.25) is 0 Å². The van der Waals surface area contributed by atoms with Crippen LogP contribution in [0.2, 0.25) is 0 Å². The van der Waals surface area contributed by atoms with E-state index in [1.54, 1.807) is 47.7 Å². The highest BCUT2D eigenvalue weighted by Gasteiger charge is 2.13. The summed E-state index contributed by atoms with van der Waals surface area (Å²) in [5.41, 5.74) is 3.51. The largest absolute Gasteiger partial charge is 0.280 e. The molecule has 0 saturated carbocycles. The standard InChI is InChI=1S/C22H18N2O2S2/c1-16-6-13-19(14-7-16)28(25,26)24-18-11-8-17(9-12-18)10-15-22-23-20-4-2-3-5-21(20)27-22/h2-15,24H,1H3. The molecule has 4 rings (SSSR count). The van der Waals surface area contributed by atoms with E-state index in [1.165, 1.54) is 0 Å². The Hall–Kier alpha value is -2.96. The number of aryl methyl sites for hydroxylation is 1. The maximum absolute atomic E-state index is 12.5. The van der Waals surface area contributed by atoms with E-state index in [-0.39, 0.29) is 4.90 Å². The summed E-state index contributed by atoms with van der Waals surface area (Å²) < 4.78 is 28.7. The van der Waals surface area contributed by atoms with Crippen molar-refractivity contribution >= 4 is 49.4 Å². The van der Waals surface area contributed by atoms with Gasteiger partial charge in [0.25, 0.3) is 10.0 Å². The van der Waals surface area contributed by atoms with Crippen molar-refractivity contribution in [3.8, 4) is 0 Å². The average molecular weight is 407 g/mol. The van der Waals surface area contributed by atoms with Gasteiger partial charge in [0, 0.05) is 5.69 Å². The number of aromatic nitrogens is 1. The van der Waals surface area contributed by atoms with Gasteiger partial charge in [0.15, 0.2) is 0 Å². The Kier molecular flexibility index (Phi) is 4.98. The Bertz CT molecular complexity index is 1210. The second kappa shape index (κ2) is 7.58. The fraction of sp³-hybridized carbons (Fsp3) is 0.0455. The van der Waals surface area contributed by atoms with E-state index >= 15 is 0 Å². The number of nitrogens with zero attached hydrogens (tertiary/aromatic N) is 1. The van der Waals surface area contributed by atoms with E-state index in [2.05, 4.69) is 15.8 Å². The predicted octanol–water partition coefficient (Wildman–Crippen LogP) is 5.58. The molecule has 28 heavy (non-hydrogen) atoms. The minimum absolute atomic E-state index is 0.248. The van der Waals surface area contributed by atoms with Crippen LogP contribution in [0, 0.1) is 6.92 Å². The van der Waals surface area contributed by atoms with Gasteiger partial charge in [-0.1, -0.05) is 48.0 Å². The third-order valence-electron chi connectivity index (χ3n) is 4.22. The molecular weight excluding hydrogens is 388 g/mol. The number of nitrogens with one attached hydrogen (secondary N) is 1. The summed E-state index contributed by atoms with van der Waals surface area (Å²) in [6, 6.07) is 22.1. The molecule has 0 fully saturated rings.